The van der Waals surface area contributed by atoms with Crippen molar-refractivity contribution in [3.63, 3.8) is 0 Å². The zero-order chi connectivity index (χ0) is 13.4. The normalized spacial score (nSPS) is 12.4. The molecular weight excluding hydrogens is 257 g/mol. The summed E-state index contributed by atoms with van der Waals surface area (Å²) in [7, 11) is 0. The molecule has 0 saturated carbocycles. The Morgan fingerprint density at radius 3 is 2.94 bits per heavy atom. The molecule has 3 nitrogen and oxygen atoms in total. The highest BCUT2D eigenvalue weighted by molar-refractivity contribution is 6.30. The SMILES string of the molecule is CCCCOCC(O)CNc1ccc(Cl)cc1F. The quantitative estimate of drug-likeness (QED) is 0.717. The molecule has 1 aromatic rings. The van der Waals surface area contributed by atoms with Gasteiger partial charge in [-0.25, -0.2) is 4.39 Å². The second kappa shape index (κ2) is 8.29. The molecule has 0 fully saturated rings. The number of aliphatic hydroxyl groups excluding tert-OH is 1. The molecule has 0 saturated heterocycles. The Hall–Kier alpha value is -0.840. The fourth-order valence-corrected chi connectivity index (χ4v) is 1.54. The lowest BCUT2D eigenvalue weighted by molar-refractivity contribution is 0.0421. The minimum absolute atomic E-state index is 0.241. The largest absolute Gasteiger partial charge is 0.389 e. The van der Waals surface area contributed by atoms with Crippen molar-refractivity contribution in [2.75, 3.05) is 25.1 Å². The Balaban J connectivity index is 2.27. The van der Waals surface area contributed by atoms with Gasteiger partial charge in [-0.2, -0.15) is 0 Å². The third-order valence-electron chi connectivity index (χ3n) is 2.41. The van der Waals surface area contributed by atoms with Crippen LogP contribution in [0.1, 0.15) is 19.8 Å². The summed E-state index contributed by atoms with van der Waals surface area (Å²) >= 11 is 5.64. The first-order chi connectivity index (χ1) is 8.63. The fourth-order valence-electron chi connectivity index (χ4n) is 1.39. The number of unbranched alkanes of at least 4 members (excludes halogenated alkanes) is 1. The Labute approximate surface area is 112 Å². The summed E-state index contributed by atoms with van der Waals surface area (Å²) in [4.78, 5) is 0. The number of hydrogen-bond acceptors (Lipinski definition) is 3. The van der Waals surface area contributed by atoms with Crippen molar-refractivity contribution in [3.05, 3.63) is 29.0 Å². The van der Waals surface area contributed by atoms with Crippen LogP contribution in [0.25, 0.3) is 0 Å². The number of nitrogens with one attached hydrogen (secondary N) is 1. The Bertz CT molecular complexity index is 363. The van der Waals surface area contributed by atoms with Gasteiger partial charge in [-0.1, -0.05) is 24.9 Å². The molecule has 0 aliphatic carbocycles. The van der Waals surface area contributed by atoms with E-state index in [1.54, 1.807) is 12.1 Å². The number of benzene rings is 1. The summed E-state index contributed by atoms with van der Waals surface area (Å²) in [6, 6.07) is 4.37. The summed E-state index contributed by atoms with van der Waals surface area (Å²) in [5.41, 5.74) is 0.326. The fraction of sp³-hybridized carbons (Fsp3) is 0.538. The van der Waals surface area contributed by atoms with Gasteiger partial charge in [0.15, 0.2) is 0 Å². The van der Waals surface area contributed by atoms with Crippen LogP contribution in [0.15, 0.2) is 18.2 Å². The Kier molecular flexibility index (Phi) is 7.01. The van der Waals surface area contributed by atoms with Gasteiger partial charge in [-0.15, -0.1) is 0 Å². The van der Waals surface area contributed by atoms with Crippen LogP contribution >= 0.6 is 11.6 Å². The second-order valence-electron chi connectivity index (χ2n) is 4.09. The number of hydrogen-bond donors (Lipinski definition) is 2. The van der Waals surface area contributed by atoms with E-state index in [-0.39, 0.29) is 13.2 Å². The van der Waals surface area contributed by atoms with E-state index in [4.69, 9.17) is 16.3 Å². The molecule has 0 bridgehead atoms. The molecule has 0 aromatic heterocycles. The van der Waals surface area contributed by atoms with Gasteiger partial charge in [-0.05, 0) is 24.6 Å². The molecule has 1 unspecified atom stereocenters. The van der Waals surface area contributed by atoms with Crippen LogP contribution in [0.5, 0.6) is 0 Å². The number of ether oxygens (including phenoxy) is 1. The zero-order valence-electron chi connectivity index (χ0n) is 10.5. The molecule has 1 atom stereocenters. The highest BCUT2D eigenvalue weighted by Gasteiger charge is 2.07. The van der Waals surface area contributed by atoms with Crippen LogP contribution in [0.2, 0.25) is 5.02 Å². The van der Waals surface area contributed by atoms with Gasteiger partial charge in [-0.3, -0.25) is 0 Å². The third-order valence-corrected chi connectivity index (χ3v) is 2.65. The number of anilines is 1. The van der Waals surface area contributed by atoms with E-state index in [2.05, 4.69) is 12.2 Å². The van der Waals surface area contributed by atoms with E-state index in [0.29, 0.717) is 17.3 Å². The smallest absolute Gasteiger partial charge is 0.147 e. The number of rotatable bonds is 8. The van der Waals surface area contributed by atoms with Crippen LogP contribution in [-0.2, 0) is 4.74 Å². The maximum Gasteiger partial charge on any atom is 0.147 e. The molecular formula is C13H19ClFNO2. The van der Waals surface area contributed by atoms with Gasteiger partial charge in [0.05, 0.1) is 18.4 Å². The molecule has 5 heteroatoms. The summed E-state index contributed by atoms with van der Waals surface area (Å²) in [5.74, 6) is -0.429. The predicted octanol–water partition coefficient (Wildman–Crippen LogP) is 3.07. The number of halogens is 2. The standard InChI is InChI=1S/C13H19ClFNO2/c1-2-3-6-18-9-11(17)8-16-13-5-4-10(14)7-12(13)15/h4-5,7,11,16-17H,2-3,6,8-9H2,1H3. The lowest BCUT2D eigenvalue weighted by Crippen LogP contribution is -2.25. The van der Waals surface area contributed by atoms with Gasteiger partial charge < -0.3 is 15.2 Å². The average molecular weight is 276 g/mol. The van der Waals surface area contributed by atoms with Crippen LogP contribution in [0, 0.1) is 5.82 Å². The van der Waals surface area contributed by atoms with Crippen molar-refractivity contribution in [1.82, 2.24) is 0 Å². The van der Waals surface area contributed by atoms with E-state index in [1.807, 2.05) is 0 Å². The average Bonchev–Trinajstić information content (AvgIpc) is 2.33. The van der Waals surface area contributed by atoms with Crippen LogP contribution in [0.3, 0.4) is 0 Å². The van der Waals surface area contributed by atoms with E-state index in [0.717, 1.165) is 12.8 Å². The van der Waals surface area contributed by atoms with Crippen molar-refractivity contribution in [2.45, 2.75) is 25.9 Å². The van der Waals surface area contributed by atoms with Gasteiger partial charge >= 0.3 is 0 Å². The summed E-state index contributed by atoms with van der Waals surface area (Å²) < 4.78 is 18.7. The van der Waals surface area contributed by atoms with Crippen molar-refractivity contribution in [1.29, 1.82) is 0 Å². The van der Waals surface area contributed by atoms with Crippen molar-refractivity contribution >= 4 is 17.3 Å². The Morgan fingerprint density at radius 1 is 1.50 bits per heavy atom. The monoisotopic (exact) mass is 275 g/mol. The first-order valence-corrected chi connectivity index (χ1v) is 6.46. The lowest BCUT2D eigenvalue weighted by atomic mass is 10.3. The Morgan fingerprint density at radius 2 is 2.28 bits per heavy atom. The highest BCUT2D eigenvalue weighted by Crippen LogP contribution is 2.18. The molecule has 0 heterocycles. The first kappa shape index (κ1) is 15.2. The molecule has 0 amide bonds. The van der Waals surface area contributed by atoms with E-state index < -0.39 is 11.9 Å². The minimum Gasteiger partial charge on any atom is -0.389 e. The molecule has 0 spiro atoms. The van der Waals surface area contributed by atoms with E-state index in [9.17, 15) is 9.50 Å². The summed E-state index contributed by atoms with van der Waals surface area (Å²) in [6.45, 7) is 3.21. The van der Waals surface area contributed by atoms with Crippen molar-refractivity contribution < 1.29 is 14.2 Å². The molecule has 0 aliphatic heterocycles. The van der Waals surface area contributed by atoms with Crippen molar-refractivity contribution in [3.8, 4) is 0 Å². The maximum atomic E-state index is 13.4. The topological polar surface area (TPSA) is 41.5 Å². The van der Waals surface area contributed by atoms with Gasteiger partial charge in [0.25, 0.3) is 0 Å². The van der Waals surface area contributed by atoms with E-state index in [1.165, 1.54) is 6.07 Å². The molecule has 18 heavy (non-hydrogen) atoms. The molecule has 2 N–H and O–H groups in total. The summed E-state index contributed by atoms with van der Waals surface area (Å²) in [5, 5.41) is 12.8. The van der Waals surface area contributed by atoms with Gasteiger partial charge in [0.2, 0.25) is 0 Å². The third kappa shape index (κ3) is 5.67. The summed E-state index contributed by atoms with van der Waals surface area (Å²) in [6.07, 6.45) is 1.38. The molecule has 0 radical (unpaired) electrons. The first-order valence-electron chi connectivity index (χ1n) is 6.08. The lowest BCUT2D eigenvalue weighted by Gasteiger charge is -2.13. The predicted molar refractivity (Wildman–Crippen MR) is 71.6 cm³/mol. The highest BCUT2D eigenvalue weighted by atomic mass is 35.5. The van der Waals surface area contributed by atoms with Crippen LogP contribution in [-0.4, -0.2) is 31.0 Å². The molecule has 1 aromatic carbocycles. The van der Waals surface area contributed by atoms with Crippen LogP contribution < -0.4 is 5.32 Å². The van der Waals surface area contributed by atoms with Crippen molar-refractivity contribution in [2.24, 2.45) is 0 Å². The maximum absolute atomic E-state index is 13.4. The van der Waals surface area contributed by atoms with Gasteiger partial charge in [0.1, 0.15) is 5.82 Å². The molecule has 1 rings (SSSR count). The second-order valence-corrected chi connectivity index (χ2v) is 4.52. The van der Waals surface area contributed by atoms with Gasteiger partial charge in [0, 0.05) is 18.2 Å². The van der Waals surface area contributed by atoms with Crippen LogP contribution in [0.4, 0.5) is 10.1 Å². The van der Waals surface area contributed by atoms with E-state index >= 15 is 0 Å². The minimum atomic E-state index is -0.656. The molecule has 0 aliphatic rings. The zero-order valence-corrected chi connectivity index (χ0v) is 11.2. The molecule has 102 valence electrons. The number of aliphatic hydroxyl groups is 1.